The van der Waals surface area contributed by atoms with E-state index in [4.69, 9.17) is 18.4 Å². The molecule has 3 aromatic rings. The van der Waals surface area contributed by atoms with Gasteiger partial charge in [-0.3, -0.25) is 0 Å². The fourth-order valence-corrected chi connectivity index (χ4v) is 2.93. The summed E-state index contributed by atoms with van der Waals surface area (Å²) in [6, 6.07) is 1.80. The lowest BCUT2D eigenvalue weighted by Gasteiger charge is -2.22. The van der Waals surface area contributed by atoms with E-state index >= 15 is 0 Å². The molecule has 3 aromatic heterocycles. The van der Waals surface area contributed by atoms with Crippen LogP contribution in [0.25, 0.3) is 11.3 Å². The molecule has 0 bridgehead atoms. The number of aromatic nitrogens is 4. The number of ether oxygens (including phenoxy) is 2. The number of oxazole rings is 1. The molecular weight excluding hydrogens is 352 g/mol. The number of hydrogen-bond donors (Lipinski definition) is 0. The Balaban J connectivity index is 1.43. The van der Waals surface area contributed by atoms with Crippen LogP contribution in [-0.2, 0) is 15.9 Å². The molecule has 0 amide bonds. The molecule has 27 heavy (non-hydrogen) atoms. The molecule has 1 aliphatic rings. The molecule has 0 aliphatic carbocycles. The molecule has 0 saturated carbocycles. The zero-order valence-electron chi connectivity index (χ0n) is 15.0. The highest BCUT2D eigenvalue weighted by Crippen LogP contribution is 2.25. The number of esters is 1. The summed E-state index contributed by atoms with van der Waals surface area (Å²) in [5.41, 5.74) is 1.66. The molecule has 0 spiro atoms. The average Bonchev–Trinajstić information content (AvgIpc) is 3.43. The molecule has 1 unspecified atom stereocenters. The van der Waals surface area contributed by atoms with Crippen molar-refractivity contribution in [1.29, 1.82) is 0 Å². The van der Waals surface area contributed by atoms with Crippen molar-refractivity contribution in [1.82, 2.24) is 19.9 Å². The lowest BCUT2D eigenvalue weighted by atomic mass is 10.2. The maximum Gasteiger partial charge on any atom is 0.360 e. The van der Waals surface area contributed by atoms with E-state index in [1.807, 2.05) is 10.9 Å². The Labute approximate surface area is 155 Å². The topological polar surface area (TPSA) is 105 Å². The van der Waals surface area contributed by atoms with Crippen LogP contribution >= 0.6 is 0 Å². The minimum Gasteiger partial charge on any atom is -0.461 e. The first kappa shape index (κ1) is 17.5. The fourth-order valence-electron chi connectivity index (χ4n) is 2.93. The highest BCUT2D eigenvalue weighted by Gasteiger charge is 2.19. The summed E-state index contributed by atoms with van der Waals surface area (Å²) in [4.78, 5) is 15.7. The van der Waals surface area contributed by atoms with Crippen LogP contribution in [0.1, 0.15) is 54.6 Å². The highest BCUT2D eigenvalue weighted by molar-refractivity contribution is 5.86. The van der Waals surface area contributed by atoms with Crippen LogP contribution in [0.15, 0.2) is 33.7 Å². The second-order valence-electron chi connectivity index (χ2n) is 6.23. The quantitative estimate of drug-likeness (QED) is 0.608. The van der Waals surface area contributed by atoms with E-state index in [2.05, 4.69) is 15.2 Å². The van der Waals surface area contributed by atoms with Gasteiger partial charge in [-0.05, 0) is 26.2 Å². The maximum atomic E-state index is 11.6. The van der Waals surface area contributed by atoms with Gasteiger partial charge in [0.25, 0.3) is 0 Å². The Hall–Kier alpha value is -2.94. The number of nitrogens with zero attached hydrogens (tertiary/aromatic N) is 4. The van der Waals surface area contributed by atoms with Crippen LogP contribution in [0.3, 0.4) is 0 Å². The lowest BCUT2D eigenvalue weighted by Crippen LogP contribution is -2.18. The summed E-state index contributed by atoms with van der Waals surface area (Å²) < 4.78 is 23.1. The lowest BCUT2D eigenvalue weighted by molar-refractivity contribution is -0.0394. The minimum absolute atomic E-state index is 0.0208. The molecule has 1 saturated heterocycles. The Morgan fingerprint density at radius 1 is 1.41 bits per heavy atom. The summed E-state index contributed by atoms with van der Waals surface area (Å²) in [6.07, 6.45) is 8.37. The van der Waals surface area contributed by atoms with Crippen molar-refractivity contribution in [3.8, 4) is 11.3 Å². The van der Waals surface area contributed by atoms with Gasteiger partial charge in [0.15, 0.2) is 5.69 Å². The predicted octanol–water partition coefficient (Wildman–Crippen LogP) is 2.99. The molecular formula is C18H20N4O5. The molecule has 1 fully saturated rings. The number of carbonyl (C=O) groups excluding carboxylic acids is 1. The van der Waals surface area contributed by atoms with Gasteiger partial charge in [0, 0.05) is 24.4 Å². The third-order valence-corrected chi connectivity index (χ3v) is 4.27. The van der Waals surface area contributed by atoms with Gasteiger partial charge in [0.2, 0.25) is 5.89 Å². The second kappa shape index (κ2) is 7.75. The van der Waals surface area contributed by atoms with Crippen molar-refractivity contribution in [2.45, 2.75) is 38.8 Å². The van der Waals surface area contributed by atoms with Crippen LogP contribution in [0.5, 0.6) is 0 Å². The highest BCUT2D eigenvalue weighted by atomic mass is 16.5. The first-order chi connectivity index (χ1) is 13.2. The Kier molecular flexibility index (Phi) is 5.01. The normalized spacial score (nSPS) is 17.1. The van der Waals surface area contributed by atoms with Crippen LogP contribution in [0.2, 0.25) is 0 Å². The maximum absolute atomic E-state index is 11.6. The third kappa shape index (κ3) is 3.92. The van der Waals surface area contributed by atoms with Crippen LogP contribution in [-0.4, -0.2) is 39.1 Å². The van der Waals surface area contributed by atoms with Gasteiger partial charge in [0.05, 0.1) is 19.2 Å². The summed E-state index contributed by atoms with van der Waals surface area (Å²) in [5.74, 6) is 0.416. The zero-order valence-corrected chi connectivity index (χ0v) is 15.0. The van der Waals surface area contributed by atoms with Gasteiger partial charge in [-0.15, -0.1) is 0 Å². The summed E-state index contributed by atoms with van der Waals surface area (Å²) >= 11 is 0. The summed E-state index contributed by atoms with van der Waals surface area (Å²) in [7, 11) is 0. The SMILES string of the molecule is CCOC(=O)c1coc(Cc2cc(-c3cnn(C4CCCCO4)c3)no2)n1. The molecule has 9 heteroatoms. The Morgan fingerprint density at radius 2 is 2.33 bits per heavy atom. The predicted molar refractivity (Wildman–Crippen MR) is 91.8 cm³/mol. The van der Waals surface area contributed by atoms with Gasteiger partial charge < -0.3 is 18.4 Å². The van der Waals surface area contributed by atoms with Crippen molar-refractivity contribution >= 4 is 5.97 Å². The van der Waals surface area contributed by atoms with E-state index in [0.29, 0.717) is 17.3 Å². The first-order valence-electron chi connectivity index (χ1n) is 8.96. The molecule has 1 atom stereocenters. The number of rotatable bonds is 6. The fraction of sp³-hybridized carbons (Fsp3) is 0.444. The van der Waals surface area contributed by atoms with Gasteiger partial charge in [-0.1, -0.05) is 5.16 Å². The Morgan fingerprint density at radius 3 is 3.15 bits per heavy atom. The first-order valence-corrected chi connectivity index (χ1v) is 8.96. The smallest absolute Gasteiger partial charge is 0.360 e. The molecule has 0 radical (unpaired) electrons. The number of carbonyl (C=O) groups is 1. The van der Waals surface area contributed by atoms with E-state index in [0.717, 1.165) is 31.4 Å². The monoisotopic (exact) mass is 372 g/mol. The van der Waals surface area contributed by atoms with Gasteiger partial charge in [0.1, 0.15) is 23.9 Å². The Bertz CT molecular complexity index is 906. The minimum atomic E-state index is -0.511. The van der Waals surface area contributed by atoms with Crippen molar-refractivity contribution < 1.29 is 23.2 Å². The van der Waals surface area contributed by atoms with Gasteiger partial charge in [-0.2, -0.15) is 5.10 Å². The third-order valence-electron chi connectivity index (χ3n) is 4.27. The second-order valence-corrected chi connectivity index (χ2v) is 6.23. The van der Waals surface area contributed by atoms with Crippen molar-refractivity contribution in [3.63, 3.8) is 0 Å². The molecule has 0 aromatic carbocycles. The van der Waals surface area contributed by atoms with Gasteiger partial charge in [-0.25, -0.2) is 14.5 Å². The molecule has 4 rings (SSSR count). The molecule has 142 valence electrons. The van der Waals surface area contributed by atoms with Gasteiger partial charge >= 0.3 is 5.97 Å². The largest absolute Gasteiger partial charge is 0.461 e. The van der Waals surface area contributed by atoms with E-state index in [-0.39, 0.29) is 24.9 Å². The molecule has 4 heterocycles. The van der Waals surface area contributed by atoms with Crippen molar-refractivity contribution in [2.24, 2.45) is 0 Å². The summed E-state index contributed by atoms with van der Waals surface area (Å²) in [6.45, 7) is 2.78. The number of hydrogen-bond acceptors (Lipinski definition) is 8. The van der Waals surface area contributed by atoms with Crippen LogP contribution in [0, 0.1) is 0 Å². The van der Waals surface area contributed by atoms with Crippen LogP contribution < -0.4 is 0 Å². The summed E-state index contributed by atoms with van der Waals surface area (Å²) in [5, 5.41) is 8.46. The standard InChI is InChI=1S/C18H20N4O5/c1-2-24-18(23)15-11-26-16(20-15)8-13-7-14(21-27-13)12-9-19-22(10-12)17-5-3-4-6-25-17/h7,9-11,17H,2-6,8H2,1H3. The van der Waals surface area contributed by atoms with Crippen molar-refractivity contribution in [3.05, 3.63) is 42.1 Å². The van der Waals surface area contributed by atoms with E-state index in [9.17, 15) is 4.79 Å². The molecule has 1 aliphatic heterocycles. The van der Waals surface area contributed by atoms with E-state index in [1.165, 1.54) is 6.26 Å². The van der Waals surface area contributed by atoms with Crippen molar-refractivity contribution in [2.75, 3.05) is 13.2 Å². The van der Waals surface area contributed by atoms with E-state index in [1.54, 1.807) is 19.2 Å². The van der Waals surface area contributed by atoms with Crippen LogP contribution in [0.4, 0.5) is 0 Å². The zero-order chi connectivity index (χ0) is 18.6. The average molecular weight is 372 g/mol. The molecule has 0 N–H and O–H groups in total. The van der Waals surface area contributed by atoms with E-state index < -0.39 is 5.97 Å². The molecule has 9 nitrogen and oxygen atoms in total.